The molecule has 0 fully saturated rings. The Bertz CT molecular complexity index is 507. The lowest BCUT2D eigenvalue weighted by Crippen LogP contribution is -2.52. The molecule has 0 saturated carbocycles. The van der Waals surface area contributed by atoms with Gasteiger partial charge in [0.05, 0.1) is 6.04 Å². The van der Waals surface area contributed by atoms with E-state index in [1.165, 1.54) is 0 Å². The molecule has 0 saturated heterocycles. The van der Waals surface area contributed by atoms with E-state index in [0.717, 1.165) is 0 Å². The van der Waals surface area contributed by atoms with Crippen LogP contribution in [-0.4, -0.2) is 48.5 Å². The lowest BCUT2D eigenvalue weighted by atomic mass is 10.1. The third kappa shape index (κ3) is 4.35. The second-order valence-corrected chi connectivity index (χ2v) is 5.79. The quantitative estimate of drug-likeness (QED) is 0.720. The molecule has 1 aromatic carbocycles. The van der Waals surface area contributed by atoms with Crippen molar-refractivity contribution in [3.05, 3.63) is 24.3 Å². The number of rotatable bonds is 6. The Morgan fingerprint density at radius 3 is 2.68 bits per heavy atom. The SMILES string of the molecule is CC(C)NC[C@@H](O)C(=O)N[C@@H](C)[C@@H]1COc2ccccc2O1. The molecule has 3 atom stereocenters. The Balaban J connectivity index is 1.85. The summed E-state index contributed by atoms with van der Waals surface area (Å²) >= 11 is 0. The molecule has 0 spiro atoms. The maximum atomic E-state index is 12.0. The summed E-state index contributed by atoms with van der Waals surface area (Å²) in [6, 6.07) is 7.37. The normalized spacial score (nSPS) is 19.6. The predicted octanol–water partition coefficient (Wildman–Crippen LogP) is 0.690. The van der Waals surface area contributed by atoms with Crippen LogP contribution in [0.5, 0.6) is 11.5 Å². The van der Waals surface area contributed by atoms with Crippen molar-refractivity contribution < 1.29 is 19.4 Å². The lowest BCUT2D eigenvalue weighted by Gasteiger charge is -2.31. The maximum absolute atomic E-state index is 12.0. The van der Waals surface area contributed by atoms with Gasteiger partial charge in [-0.3, -0.25) is 4.79 Å². The van der Waals surface area contributed by atoms with Crippen molar-refractivity contribution >= 4 is 5.91 Å². The molecule has 6 heteroatoms. The highest BCUT2D eigenvalue weighted by Gasteiger charge is 2.28. The standard InChI is InChI=1S/C16H24N2O4/c1-10(2)17-8-12(19)16(20)18-11(3)15-9-21-13-6-4-5-7-14(13)22-15/h4-7,10-12,15,17,19H,8-9H2,1-3H3,(H,18,20)/t11-,12+,15-/m0/s1. The molecule has 1 aliphatic heterocycles. The van der Waals surface area contributed by atoms with Gasteiger partial charge >= 0.3 is 0 Å². The van der Waals surface area contributed by atoms with E-state index in [2.05, 4.69) is 10.6 Å². The van der Waals surface area contributed by atoms with Gasteiger partial charge in [0.15, 0.2) is 17.6 Å². The number of aliphatic hydroxyl groups excluding tert-OH is 1. The van der Waals surface area contributed by atoms with E-state index in [4.69, 9.17) is 9.47 Å². The number of ether oxygens (including phenoxy) is 2. The van der Waals surface area contributed by atoms with Gasteiger partial charge in [0, 0.05) is 12.6 Å². The van der Waals surface area contributed by atoms with Gasteiger partial charge < -0.3 is 25.2 Å². The first-order valence-electron chi connectivity index (χ1n) is 7.57. The number of fused-ring (bicyclic) bond motifs is 1. The maximum Gasteiger partial charge on any atom is 0.250 e. The summed E-state index contributed by atoms with van der Waals surface area (Å²) in [4.78, 5) is 12.0. The number of carbonyl (C=O) groups is 1. The van der Waals surface area contributed by atoms with E-state index >= 15 is 0 Å². The molecule has 0 unspecified atom stereocenters. The Morgan fingerprint density at radius 1 is 1.32 bits per heavy atom. The molecule has 122 valence electrons. The first-order chi connectivity index (χ1) is 10.5. The van der Waals surface area contributed by atoms with Gasteiger partial charge in [0.25, 0.3) is 5.91 Å². The van der Waals surface area contributed by atoms with Crippen molar-refractivity contribution in [1.29, 1.82) is 0 Å². The largest absolute Gasteiger partial charge is 0.486 e. The van der Waals surface area contributed by atoms with Crippen molar-refractivity contribution in [2.75, 3.05) is 13.2 Å². The fourth-order valence-electron chi connectivity index (χ4n) is 2.14. The minimum atomic E-state index is -1.08. The van der Waals surface area contributed by atoms with Crippen LogP contribution < -0.4 is 20.1 Å². The zero-order valence-electron chi connectivity index (χ0n) is 13.2. The number of aliphatic hydroxyl groups is 1. The number of amides is 1. The minimum Gasteiger partial charge on any atom is -0.486 e. The average Bonchev–Trinajstić information content (AvgIpc) is 2.51. The smallest absolute Gasteiger partial charge is 0.250 e. The van der Waals surface area contributed by atoms with E-state index in [0.29, 0.717) is 18.1 Å². The first kappa shape index (κ1) is 16.6. The second-order valence-electron chi connectivity index (χ2n) is 5.79. The van der Waals surface area contributed by atoms with Crippen LogP contribution in [0.4, 0.5) is 0 Å². The van der Waals surface area contributed by atoms with Gasteiger partial charge in [-0.15, -0.1) is 0 Å². The van der Waals surface area contributed by atoms with Gasteiger partial charge in [-0.05, 0) is 19.1 Å². The van der Waals surface area contributed by atoms with Gasteiger partial charge in [0.1, 0.15) is 12.7 Å². The van der Waals surface area contributed by atoms with Gasteiger partial charge in [0.2, 0.25) is 0 Å². The van der Waals surface area contributed by atoms with E-state index in [1.807, 2.05) is 45.0 Å². The third-order valence-electron chi connectivity index (χ3n) is 3.48. The number of para-hydroxylation sites is 2. The Kier molecular flexibility index (Phi) is 5.63. The van der Waals surface area contributed by atoms with Crippen LogP contribution in [0.25, 0.3) is 0 Å². The molecule has 1 amide bonds. The molecular weight excluding hydrogens is 284 g/mol. The summed E-state index contributed by atoms with van der Waals surface area (Å²) in [6.07, 6.45) is -1.37. The number of benzene rings is 1. The molecule has 2 rings (SSSR count). The lowest BCUT2D eigenvalue weighted by molar-refractivity contribution is -0.130. The Labute approximate surface area is 130 Å². The number of hydrogen-bond donors (Lipinski definition) is 3. The molecule has 1 aromatic rings. The molecule has 6 nitrogen and oxygen atoms in total. The number of carbonyl (C=O) groups excluding carboxylic acids is 1. The summed E-state index contributed by atoms with van der Waals surface area (Å²) in [5, 5.41) is 15.6. The van der Waals surface area contributed by atoms with Crippen molar-refractivity contribution in [1.82, 2.24) is 10.6 Å². The zero-order chi connectivity index (χ0) is 16.1. The highest BCUT2D eigenvalue weighted by molar-refractivity contribution is 5.81. The monoisotopic (exact) mass is 308 g/mol. The fraction of sp³-hybridized carbons (Fsp3) is 0.562. The van der Waals surface area contributed by atoms with Crippen LogP contribution in [0.2, 0.25) is 0 Å². The highest BCUT2D eigenvalue weighted by Crippen LogP contribution is 2.31. The molecule has 0 aliphatic carbocycles. The van der Waals surface area contributed by atoms with Gasteiger partial charge in [-0.1, -0.05) is 26.0 Å². The molecule has 0 bridgehead atoms. The van der Waals surface area contributed by atoms with E-state index < -0.39 is 12.0 Å². The van der Waals surface area contributed by atoms with Crippen LogP contribution in [0.3, 0.4) is 0 Å². The molecule has 22 heavy (non-hydrogen) atoms. The van der Waals surface area contributed by atoms with Crippen molar-refractivity contribution in [2.24, 2.45) is 0 Å². The van der Waals surface area contributed by atoms with Crippen LogP contribution in [0, 0.1) is 0 Å². The topological polar surface area (TPSA) is 79.8 Å². The van der Waals surface area contributed by atoms with Crippen LogP contribution in [0.1, 0.15) is 20.8 Å². The molecule has 1 heterocycles. The zero-order valence-corrected chi connectivity index (χ0v) is 13.2. The Hall–Kier alpha value is -1.79. The number of nitrogens with one attached hydrogen (secondary N) is 2. The molecule has 3 N–H and O–H groups in total. The summed E-state index contributed by atoms with van der Waals surface area (Å²) in [5.41, 5.74) is 0. The average molecular weight is 308 g/mol. The number of hydrogen-bond acceptors (Lipinski definition) is 5. The third-order valence-corrected chi connectivity index (χ3v) is 3.48. The highest BCUT2D eigenvalue weighted by atomic mass is 16.6. The van der Waals surface area contributed by atoms with Crippen LogP contribution in [0.15, 0.2) is 24.3 Å². The van der Waals surface area contributed by atoms with E-state index in [-0.39, 0.29) is 24.7 Å². The predicted molar refractivity (Wildman–Crippen MR) is 83.1 cm³/mol. The van der Waals surface area contributed by atoms with Gasteiger partial charge in [-0.2, -0.15) is 0 Å². The molecule has 0 radical (unpaired) electrons. The van der Waals surface area contributed by atoms with Crippen molar-refractivity contribution in [2.45, 2.75) is 45.1 Å². The second kappa shape index (κ2) is 7.47. The molecular formula is C16H24N2O4. The first-order valence-corrected chi connectivity index (χ1v) is 7.57. The fourth-order valence-corrected chi connectivity index (χ4v) is 2.14. The Morgan fingerprint density at radius 2 is 2.00 bits per heavy atom. The van der Waals surface area contributed by atoms with Gasteiger partial charge in [-0.25, -0.2) is 0 Å². The summed E-state index contributed by atoms with van der Waals surface area (Å²) in [7, 11) is 0. The summed E-state index contributed by atoms with van der Waals surface area (Å²) < 4.78 is 11.5. The summed E-state index contributed by atoms with van der Waals surface area (Å²) in [5.74, 6) is 0.962. The van der Waals surface area contributed by atoms with E-state index in [9.17, 15) is 9.90 Å². The van der Waals surface area contributed by atoms with Crippen molar-refractivity contribution in [3.63, 3.8) is 0 Å². The molecule has 1 aliphatic rings. The van der Waals surface area contributed by atoms with Crippen LogP contribution in [-0.2, 0) is 4.79 Å². The van der Waals surface area contributed by atoms with E-state index in [1.54, 1.807) is 0 Å². The molecule has 0 aromatic heterocycles. The van der Waals surface area contributed by atoms with Crippen molar-refractivity contribution in [3.8, 4) is 11.5 Å². The minimum absolute atomic E-state index is 0.214. The summed E-state index contributed by atoms with van der Waals surface area (Å²) in [6.45, 7) is 6.33. The van der Waals surface area contributed by atoms with Crippen LogP contribution >= 0.6 is 0 Å².